The Morgan fingerprint density at radius 1 is 1.09 bits per heavy atom. The zero-order valence-electron chi connectivity index (χ0n) is 19.3. The first-order valence-electron chi connectivity index (χ1n) is 11.8. The van der Waals surface area contributed by atoms with Crippen LogP contribution in [0, 0.1) is 29.1 Å². The predicted molar refractivity (Wildman–Crippen MR) is 135 cm³/mol. The van der Waals surface area contributed by atoms with E-state index in [9.17, 15) is 15.2 Å². The highest BCUT2D eigenvalue weighted by Gasteiger charge is 2.67. The first kappa shape index (κ1) is 20.7. The third-order valence-electron chi connectivity index (χ3n) is 8.13. The van der Waals surface area contributed by atoms with E-state index in [1.807, 2.05) is 30.3 Å². The average Bonchev–Trinajstić information content (AvgIpc) is 3.14. The van der Waals surface area contributed by atoms with Crippen molar-refractivity contribution in [3.05, 3.63) is 78.5 Å². The molecule has 2 bridgehead atoms. The fraction of sp³-hybridized carbons (Fsp3) is 0.267. The summed E-state index contributed by atoms with van der Waals surface area (Å²) in [7, 11) is 0. The summed E-state index contributed by atoms with van der Waals surface area (Å²) in [5.41, 5.74) is 5.28. The Morgan fingerprint density at radius 3 is 2.59 bits per heavy atom. The van der Waals surface area contributed by atoms with Crippen molar-refractivity contribution in [2.45, 2.75) is 39.2 Å². The number of fused-ring (bicyclic) bond motifs is 2. The second-order valence-corrected chi connectivity index (χ2v) is 10.5. The molecule has 7 rings (SSSR count). The van der Waals surface area contributed by atoms with Crippen LogP contribution in [-0.4, -0.2) is 15.5 Å². The lowest BCUT2D eigenvalue weighted by Gasteiger charge is -2.71. The minimum Gasteiger partial charge on any atom is -0.508 e. The number of nitrogens with zero attached hydrogens (tertiary/aromatic N) is 2. The van der Waals surface area contributed by atoms with Gasteiger partial charge in [-0.3, -0.25) is 4.79 Å². The SMILES string of the molecule is C=CC(=O)CC12CC(Cn3c(C#N)cc4c(C)c(-c5cc(O)cc6ccccc56)ccc43)(C1)C2. The van der Waals surface area contributed by atoms with Crippen molar-refractivity contribution in [3.8, 4) is 22.9 Å². The number of aromatic hydroxyl groups is 1. The van der Waals surface area contributed by atoms with Crippen LogP contribution in [0.2, 0.25) is 0 Å². The smallest absolute Gasteiger partial charge is 0.155 e. The van der Waals surface area contributed by atoms with E-state index in [1.165, 1.54) is 6.08 Å². The zero-order valence-corrected chi connectivity index (χ0v) is 19.3. The largest absolute Gasteiger partial charge is 0.508 e. The number of hydrogen-bond acceptors (Lipinski definition) is 3. The van der Waals surface area contributed by atoms with Gasteiger partial charge in [0.05, 0.1) is 0 Å². The molecule has 3 aromatic carbocycles. The standard InChI is InChI=1S/C30H26N2O2/c1-3-22(33)13-29-15-30(16-29,17-29)18-32-21(14-31)11-26-19(2)24(8-9-28(26)32)27-12-23(34)10-20-6-4-5-7-25(20)27/h3-12,34H,1,13,15-18H2,2H3. The van der Waals surface area contributed by atoms with Gasteiger partial charge in [-0.25, -0.2) is 0 Å². The normalized spacial score (nSPS) is 22.7. The Bertz CT molecular complexity index is 1550. The minimum atomic E-state index is 0.139. The number of hydrogen-bond donors (Lipinski definition) is 1. The molecule has 4 nitrogen and oxygen atoms in total. The monoisotopic (exact) mass is 446 g/mol. The Kier molecular flexibility index (Phi) is 4.32. The fourth-order valence-electron chi connectivity index (χ4n) is 6.91. The molecule has 1 N–H and O–H groups in total. The van der Waals surface area contributed by atoms with E-state index in [4.69, 9.17) is 0 Å². The van der Waals surface area contributed by atoms with Crippen LogP contribution in [0.15, 0.2) is 67.3 Å². The second kappa shape index (κ2) is 7.08. The van der Waals surface area contributed by atoms with Gasteiger partial charge in [0.15, 0.2) is 5.78 Å². The molecule has 0 amide bonds. The molecule has 0 spiro atoms. The van der Waals surface area contributed by atoms with E-state index < -0.39 is 0 Å². The summed E-state index contributed by atoms with van der Waals surface area (Å²) in [4.78, 5) is 11.8. The number of nitriles is 1. The number of carbonyl (C=O) groups excluding carboxylic acids is 1. The molecular formula is C30H26N2O2. The van der Waals surface area contributed by atoms with Crippen LogP contribution in [0.1, 0.15) is 36.9 Å². The maximum absolute atomic E-state index is 11.8. The Balaban J connectivity index is 1.39. The lowest BCUT2D eigenvalue weighted by Crippen LogP contribution is -2.63. The van der Waals surface area contributed by atoms with Crippen molar-refractivity contribution in [1.29, 1.82) is 5.26 Å². The summed E-state index contributed by atoms with van der Waals surface area (Å²) in [6.45, 7) is 6.52. The molecule has 3 aliphatic rings. The first-order chi connectivity index (χ1) is 16.4. The molecule has 4 heteroatoms. The van der Waals surface area contributed by atoms with Gasteiger partial charge in [0, 0.05) is 23.9 Å². The van der Waals surface area contributed by atoms with Crippen LogP contribution in [-0.2, 0) is 11.3 Å². The Labute approximate surface area is 198 Å². The van der Waals surface area contributed by atoms with Gasteiger partial charge in [-0.15, -0.1) is 0 Å². The van der Waals surface area contributed by atoms with Crippen LogP contribution in [0.25, 0.3) is 32.8 Å². The summed E-state index contributed by atoms with van der Waals surface area (Å²) >= 11 is 0. The summed E-state index contributed by atoms with van der Waals surface area (Å²) < 4.78 is 2.17. The topological polar surface area (TPSA) is 66.0 Å². The number of allylic oxidation sites excluding steroid dienone is 1. The number of phenols is 1. The number of ketones is 1. The highest BCUT2D eigenvalue weighted by atomic mass is 16.3. The van der Waals surface area contributed by atoms with Gasteiger partial charge in [0.25, 0.3) is 0 Å². The quantitative estimate of drug-likeness (QED) is 0.337. The molecule has 0 radical (unpaired) electrons. The number of aromatic nitrogens is 1. The van der Waals surface area contributed by atoms with Gasteiger partial charge in [0.2, 0.25) is 0 Å². The molecule has 0 unspecified atom stereocenters. The molecule has 3 fully saturated rings. The Hall–Kier alpha value is -3.84. The van der Waals surface area contributed by atoms with Crippen LogP contribution < -0.4 is 0 Å². The molecule has 34 heavy (non-hydrogen) atoms. The maximum atomic E-state index is 11.8. The van der Waals surface area contributed by atoms with Crippen molar-refractivity contribution in [1.82, 2.24) is 4.57 Å². The number of phenolic OH excluding ortho intramolecular Hbond substituents is 1. The molecule has 168 valence electrons. The van der Waals surface area contributed by atoms with Crippen molar-refractivity contribution in [2.75, 3.05) is 0 Å². The fourth-order valence-corrected chi connectivity index (χ4v) is 6.91. The van der Waals surface area contributed by atoms with Gasteiger partial charge in [-0.2, -0.15) is 5.26 Å². The number of aryl methyl sites for hydroxylation is 1. The van der Waals surface area contributed by atoms with Gasteiger partial charge in [0.1, 0.15) is 17.5 Å². The van der Waals surface area contributed by atoms with Crippen molar-refractivity contribution < 1.29 is 9.90 Å². The van der Waals surface area contributed by atoms with E-state index in [-0.39, 0.29) is 22.4 Å². The molecule has 3 aliphatic carbocycles. The molecular weight excluding hydrogens is 420 g/mol. The average molecular weight is 447 g/mol. The molecule has 1 aromatic heterocycles. The third kappa shape index (κ3) is 2.93. The summed E-state index contributed by atoms with van der Waals surface area (Å²) in [6, 6.07) is 20.3. The minimum absolute atomic E-state index is 0.139. The second-order valence-electron chi connectivity index (χ2n) is 10.5. The lowest BCUT2D eigenvalue weighted by atomic mass is 9.34. The van der Waals surface area contributed by atoms with Gasteiger partial charge in [-0.1, -0.05) is 36.9 Å². The number of rotatable bonds is 6. The number of benzene rings is 3. The van der Waals surface area contributed by atoms with Crippen molar-refractivity contribution in [3.63, 3.8) is 0 Å². The van der Waals surface area contributed by atoms with Gasteiger partial charge in [-0.05, 0) is 94.8 Å². The molecule has 4 aromatic rings. The summed E-state index contributed by atoms with van der Waals surface area (Å²) in [5.74, 6) is 0.385. The van der Waals surface area contributed by atoms with Crippen LogP contribution in [0.5, 0.6) is 5.75 Å². The van der Waals surface area contributed by atoms with E-state index in [0.717, 1.165) is 64.2 Å². The molecule has 3 saturated carbocycles. The number of carbonyl (C=O) groups is 1. The predicted octanol–water partition coefficient (Wildman–Crippen LogP) is 6.66. The third-order valence-corrected chi connectivity index (χ3v) is 8.13. The molecule has 1 heterocycles. The van der Waals surface area contributed by atoms with E-state index in [2.05, 4.69) is 42.3 Å². The van der Waals surface area contributed by atoms with Crippen molar-refractivity contribution >= 4 is 27.5 Å². The first-order valence-corrected chi connectivity index (χ1v) is 11.8. The molecule has 0 aliphatic heterocycles. The highest BCUT2D eigenvalue weighted by molar-refractivity contribution is 6.01. The Morgan fingerprint density at radius 2 is 1.85 bits per heavy atom. The zero-order chi connectivity index (χ0) is 23.7. The van der Waals surface area contributed by atoms with Crippen LogP contribution in [0.3, 0.4) is 0 Å². The summed E-state index contributed by atoms with van der Waals surface area (Å²) in [6.07, 6.45) is 5.20. The van der Waals surface area contributed by atoms with Crippen LogP contribution in [0.4, 0.5) is 0 Å². The summed E-state index contributed by atoms with van der Waals surface area (Å²) in [5, 5.41) is 23.4. The van der Waals surface area contributed by atoms with E-state index in [1.54, 1.807) is 6.07 Å². The molecule has 0 atom stereocenters. The van der Waals surface area contributed by atoms with Gasteiger partial charge < -0.3 is 9.67 Å². The van der Waals surface area contributed by atoms with Crippen LogP contribution >= 0.6 is 0 Å². The van der Waals surface area contributed by atoms with Crippen molar-refractivity contribution in [2.24, 2.45) is 10.8 Å². The highest BCUT2D eigenvalue weighted by Crippen LogP contribution is 2.75. The van der Waals surface area contributed by atoms with E-state index >= 15 is 0 Å². The van der Waals surface area contributed by atoms with E-state index in [0.29, 0.717) is 12.1 Å². The van der Waals surface area contributed by atoms with Gasteiger partial charge >= 0.3 is 0 Å². The lowest BCUT2D eigenvalue weighted by molar-refractivity contribution is -0.213. The molecule has 0 saturated heterocycles. The maximum Gasteiger partial charge on any atom is 0.155 e.